The normalized spacial score (nSPS) is 53.0. The highest BCUT2D eigenvalue weighted by Crippen LogP contribution is 2.65. The molecule has 0 aromatic rings. The van der Waals surface area contributed by atoms with Gasteiger partial charge in [0.05, 0.1) is 26.2 Å². The summed E-state index contributed by atoms with van der Waals surface area (Å²) >= 11 is 0. The average Bonchev–Trinajstić information content (AvgIpc) is 2.95. The molecule has 1 aliphatic heterocycles. The van der Waals surface area contributed by atoms with Crippen molar-refractivity contribution in [1.29, 1.82) is 0 Å². The van der Waals surface area contributed by atoms with E-state index in [-0.39, 0.29) is 17.6 Å². The lowest BCUT2D eigenvalue weighted by molar-refractivity contribution is -0.940. The van der Waals surface area contributed by atoms with Crippen LogP contribution in [0.3, 0.4) is 0 Å². The van der Waals surface area contributed by atoms with Crippen LogP contribution in [0.2, 0.25) is 0 Å². The van der Waals surface area contributed by atoms with Crippen LogP contribution in [-0.4, -0.2) is 53.1 Å². The lowest BCUT2D eigenvalue weighted by atomic mass is 9.48. The fraction of sp³-hybridized carbons (Fsp3) is 0.920. The summed E-state index contributed by atoms with van der Waals surface area (Å²) in [5, 5.41) is 21.8. The largest absolute Gasteiger partial charge is 0.393 e. The van der Waals surface area contributed by atoms with Gasteiger partial charge < -0.3 is 14.7 Å². The lowest BCUT2D eigenvalue weighted by Crippen LogP contribution is -2.59. The molecule has 5 aliphatic rings. The minimum absolute atomic E-state index is 0.112. The van der Waals surface area contributed by atoms with E-state index in [4.69, 9.17) is 0 Å². The Kier molecular flexibility index (Phi) is 4.58. The van der Waals surface area contributed by atoms with Gasteiger partial charge in [0.1, 0.15) is 12.1 Å². The monoisotopic (exact) mass is 388 g/mol. The molecule has 0 bridgehead atoms. The van der Waals surface area contributed by atoms with Gasteiger partial charge in [-0.3, -0.25) is 0 Å². The van der Waals surface area contributed by atoms with Crippen LogP contribution in [0.5, 0.6) is 0 Å². The number of hydrogen-bond donors (Lipinski definition) is 2. The van der Waals surface area contributed by atoms with Crippen LogP contribution in [0.1, 0.15) is 78.1 Å². The second-order valence-corrected chi connectivity index (χ2v) is 11.9. The molecular weight excluding hydrogens is 346 g/mol. The first kappa shape index (κ1) is 19.6. The molecule has 4 aliphatic carbocycles. The molecule has 8 atom stereocenters. The topological polar surface area (TPSA) is 40.5 Å². The maximum absolute atomic E-state index is 11.6. The number of quaternary nitrogens is 1. The molecule has 4 fully saturated rings. The van der Waals surface area contributed by atoms with E-state index in [1.807, 2.05) is 0 Å². The number of rotatable bonds is 1. The van der Waals surface area contributed by atoms with Gasteiger partial charge in [-0.05, 0) is 81.0 Å². The Balaban J connectivity index is 1.45. The van der Waals surface area contributed by atoms with Crippen molar-refractivity contribution in [2.45, 2.75) is 96.3 Å². The molecule has 1 saturated heterocycles. The van der Waals surface area contributed by atoms with Crippen molar-refractivity contribution in [2.75, 3.05) is 20.1 Å². The van der Waals surface area contributed by atoms with E-state index in [2.05, 4.69) is 27.0 Å². The van der Waals surface area contributed by atoms with Crippen LogP contribution in [0.15, 0.2) is 11.6 Å². The summed E-state index contributed by atoms with van der Waals surface area (Å²) in [6, 6.07) is 0.445. The minimum Gasteiger partial charge on any atom is -0.393 e. The van der Waals surface area contributed by atoms with Gasteiger partial charge in [0.25, 0.3) is 0 Å². The Morgan fingerprint density at radius 3 is 2.50 bits per heavy atom. The molecule has 5 rings (SSSR count). The Labute approximate surface area is 171 Å². The predicted molar refractivity (Wildman–Crippen MR) is 113 cm³/mol. The maximum atomic E-state index is 11.6. The van der Waals surface area contributed by atoms with E-state index in [9.17, 15) is 10.2 Å². The Bertz CT molecular complexity index is 653. The van der Waals surface area contributed by atoms with E-state index in [1.54, 1.807) is 5.57 Å². The van der Waals surface area contributed by atoms with Crippen LogP contribution < -0.4 is 0 Å². The zero-order valence-electron chi connectivity index (χ0n) is 18.4. The summed E-state index contributed by atoms with van der Waals surface area (Å²) in [6.45, 7) is 7.46. The van der Waals surface area contributed by atoms with E-state index in [0.717, 1.165) is 35.6 Å². The van der Waals surface area contributed by atoms with Crippen LogP contribution in [-0.2, 0) is 0 Å². The van der Waals surface area contributed by atoms with Crippen LogP contribution >= 0.6 is 0 Å². The predicted octanol–water partition coefficient (Wildman–Crippen LogP) is 4.28. The highest BCUT2D eigenvalue weighted by atomic mass is 16.3. The molecule has 3 heteroatoms. The quantitative estimate of drug-likeness (QED) is 0.520. The number of allylic oxidation sites excluding steroid dienone is 1. The molecule has 3 nitrogen and oxygen atoms in total. The summed E-state index contributed by atoms with van der Waals surface area (Å²) in [7, 11) is 2.44. The number of likely N-dealkylation sites (N-methyl/N-ethyl adjacent to an activating group) is 1. The van der Waals surface area contributed by atoms with Gasteiger partial charge in [0.2, 0.25) is 0 Å². The van der Waals surface area contributed by atoms with Gasteiger partial charge in [0, 0.05) is 11.8 Å². The molecule has 0 amide bonds. The Morgan fingerprint density at radius 1 is 1.00 bits per heavy atom. The first-order valence-corrected chi connectivity index (χ1v) is 12.2. The maximum Gasteiger partial charge on any atom is 0.116 e. The van der Waals surface area contributed by atoms with Crippen LogP contribution in [0, 0.1) is 28.6 Å². The molecule has 0 radical (unpaired) electrons. The van der Waals surface area contributed by atoms with Gasteiger partial charge >= 0.3 is 0 Å². The van der Waals surface area contributed by atoms with Crippen molar-refractivity contribution >= 4 is 0 Å². The molecule has 0 aromatic heterocycles. The summed E-state index contributed by atoms with van der Waals surface area (Å²) in [5.41, 5.74) is 1.97. The molecule has 0 aromatic carbocycles. The van der Waals surface area contributed by atoms with Crippen LogP contribution in [0.25, 0.3) is 0 Å². The molecule has 0 unspecified atom stereocenters. The Morgan fingerprint density at radius 2 is 1.75 bits per heavy atom. The Hall–Kier alpha value is -0.380. The van der Waals surface area contributed by atoms with Gasteiger partial charge in [-0.2, -0.15) is 0 Å². The standard InChI is InChI=1S/C25H42NO2/c1-24-11-9-18(27)15-17(24)7-8-19-20(24)10-12-25(2)21(19)16-22(23(25)28)26(3)13-5-4-6-14-26/h7,18-23,27-28H,4-6,8-16H2,1-3H3/q+1/t18-,19+,20-,21-,22-,23-,24-,25-/m0/s1. The second kappa shape index (κ2) is 6.56. The first-order chi connectivity index (χ1) is 13.3. The number of piperidine rings is 1. The molecule has 158 valence electrons. The first-order valence-electron chi connectivity index (χ1n) is 12.2. The SMILES string of the molecule is C[C@]12CC[C@H]3[C@@H](CC=C4C[C@@H](O)CC[C@@]43C)[C@@H]1C[C@H]([N+]1(C)CCCCC1)[C@@H]2O. The third-order valence-corrected chi connectivity index (χ3v) is 10.7. The van der Waals surface area contributed by atoms with Gasteiger partial charge in [-0.1, -0.05) is 25.5 Å². The number of nitrogens with zero attached hydrogens (tertiary/aromatic N) is 1. The van der Waals surface area contributed by atoms with Gasteiger partial charge in [0.15, 0.2) is 0 Å². The third kappa shape index (κ3) is 2.65. The number of fused-ring (bicyclic) bond motifs is 5. The minimum atomic E-state index is -0.132. The zero-order valence-corrected chi connectivity index (χ0v) is 18.4. The van der Waals surface area contributed by atoms with Crippen molar-refractivity contribution < 1.29 is 14.7 Å². The smallest absolute Gasteiger partial charge is 0.116 e. The zero-order chi connectivity index (χ0) is 19.7. The van der Waals surface area contributed by atoms with E-state index in [1.165, 1.54) is 58.0 Å². The van der Waals surface area contributed by atoms with Crippen molar-refractivity contribution in [3.8, 4) is 0 Å². The second-order valence-electron chi connectivity index (χ2n) is 11.9. The van der Waals surface area contributed by atoms with Crippen molar-refractivity contribution in [1.82, 2.24) is 0 Å². The summed E-state index contributed by atoms with van der Waals surface area (Å²) in [6.07, 6.45) is 14.2. The lowest BCUT2D eigenvalue weighted by Gasteiger charge is -2.57. The van der Waals surface area contributed by atoms with Gasteiger partial charge in [-0.15, -0.1) is 0 Å². The van der Waals surface area contributed by atoms with E-state index in [0.29, 0.717) is 17.4 Å². The number of hydrogen-bond acceptors (Lipinski definition) is 2. The summed E-state index contributed by atoms with van der Waals surface area (Å²) in [5.74, 6) is 2.17. The van der Waals surface area contributed by atoms with Gasteiger partial charge in [-0.25, -0.2) is 0 Å². The van der Waals surface area contributed by atoms with Crippen molar-refractivity contribution in [3.05, 3.63) is 11.6 Å². The fourth-order valence-corrected chi connectivity index (χ4v) is 8.79. The molecule has 0 spiro atoms. The average molecular weight is 389 g/mol. The third-order valence-electron chi connectivity index (χ3n) is 10.7. The molecule has 2 N–H and O–H groups in total. The van der Waals surface area contributed by atoms with E-state index >= 15 is 0 Å². The highest BCUT2D eigenvalue weighted by Gasteiger charge is 2.64. The summed E-state index contributed by atoms with van der Waals surface area (Å²) in [4.78, 5) is 0. The van der Waals surface area contributed by atoms with E-state index < -0.39 is 0 Å². The number of aliphatic hydroxyl groups is 2. The molecule has 3 saturated carbocycles. The van der Waals surface area contributed by atoms with Crippen LogP contribution in [0.4, 0.5) is 0 Å². The number of likely N-dealkylation sites (tertiary alicyclic amines) is 1. The highest BCUT2D eigenvalue weighted by molar-refractivity contribution is 5.25. The van der Waals surface area contributed by atoms with Crippen molar-refractivity contribution in [3.63, 3.8) is 0 Å². The van der Waals surface area contributed by atoms with Crippen molar-refractivity contribution in [2.24, 2.45) is 28.6 Å². The molecule has 1 heterocycles. The fourth-order valence-electron chi connectivity index (χ4n) is 8.79. The molecule has 28 heavy (non-hydrogen) atoms. The summed E-state index contributed by atoms with van der Waals surface area (Å²) < 4.78 is 1.12. The molecular formula is C25H42NO2+. The number of aliphatic hydroxyl groups excluding tert-OH is 2.